The highest BCUT2D eigenvalue weighted by Crippen LogP contribution is 2.19. The van der Waals surface area contributed by atoms with Gasteiger partial charge in [-0.1, -0.05) is 18.2 Å². The van der Waals surface area contributed by atoms with Crippen molar-refractivity contribution < 1.29 is 18.7 Å². The van der Waals surface area contributed by atoms with Gasteiger partial charge in [0.2, 0.25) is 5.91 Å². The Balaban J connectivity index is 1.95. The van der Waals surface area contributed by atoms with Crippen LogP contribution in [0, 0.1) is 5.82 Å². The zero-order valence-corrected chi connectivity index (χ0v) is 12.9. The van der Waals surface area contributed by atoms with Crippen molar-refractivity contribution in [3.05, 3.63) is 35.6 Å². The molecule has 22 heavy (non-hydrogen) atoms. The van der Waals surface area contributed by atoms with Crippen molar-refractivity contribution in [3.63, 3.8) is 0 Å². The summed E-state index contributed by atoms with van der Waals surface area (Å²) in [5, 5.41) is 2.55. The molecule has 2 rings (SSSR count). The van der Waals surface area contributed by atoms with Gasteiger partial charge in [0.05, 0.1) is 13.2 Å². The van der Waals surface area contributed by atoms with E-state index < -0.39 is 5.60 Å². The van der Waals surface area contributed by atoms with E-state index in [9.17, 15) is 14.0 Å². The number of rotatable bonds is 4. The average Bonchev–Trinajstić information content (AvgIpc) is 2.53. The molecule has 5 nitrogen and oxygen atoms in total. The van der Waals surface area contributed by atoms with E-state index in [-0.39, 0.29) is 30.6 Å². The number of benzene rings is 1. The molecule has 1 N–H and O–H groups in total. The zero-order valence-electron chi connectivity index (χ0n) is 12.9. The number of halogens is 1. The summed E-state index contributed by atoms with van der Waals surface area (Å²) in [7, 11) is 1.54. The van der Waals surface area contributed by atoms with Gasteiger partial charge in [-0.2, -0.15) is 0 Å². The Morgan fingerprint density at radius 3 is 2.82 bits per heavy atom. The lowest BCUT2D eigenvalue weighted by molar-refractivity contribution is -0.162. The van der Waals surface area contributed by atoms with Gasteiger partial charge in [-0.3, -0.25) is 9.59 Å². The van der Waals surface area contributed by atoms with Crippen molar-refractivity contribution in [1.29, 1.82) is 0 Å². The van der Waals surface area contributed by atoms with Crippen LogP contribution in [0.3, 0.4) is 0 Å². The van der Waals surface area contributed by atoms with Crippen molar-refractivity contribution in [2.45, 2.75) is 25.4 Å². The lowest BCUT2D eigenvalue weighted by atomic mass is 10.0. The van der Waals surface area contributed by atoms with E-state index in [1.54, 1.807) is 30.0 Å². The van der Waals surface area contributed by atoms with Gasteiger partial charge in [0.1, 0.15) is 5.82 Å². The number of morpholine rings is 1. The molecule has 1 atom stereocenters. The van der Waals surface area contributed by atoms with Gasteiger partial charge in [-0.25, -0.2) is 4.39 Å². The van der Waals surface area contributed by atoms with Crippen LogP contribution >= 0.6 is 0 Å². The van der Waals surface area contributed by atoms with Gasteiger partial charge in [0.25, 0.3) is 5.91 Å². The second kappa shape index (κ2) is 6.87. The normalized spacial score (nSPS) is 21.5. The number of nitrogens with zero attached hydrogens (tertiary/aromatic N) is 1. The smallest absolute Gasteiger partial charge is 0.253 e. The molecule has 0 unspecified atom stereocenters. The summed E-state index contributed by atoms with van der Waals surface area (Å²) >= 11 is 0. The highest BCUT2D eigenvalue weighted by atomic mass is 19.1. The third-order valence-corrected chi connectivity index (χ3v) is 3.90. The third-order valence-electron chi connectivity index (χ3n) is 3.90. The highest BCUT2D eigenvalue weighted by molar-refractivity contribution is 5.86. The Morgan fingerprint density at radius 2 is 2.14 bits per heavy atom. The predicted molar refractivity (Wildman–Crippen MR) is 79.7 cm³/mol. The van der Waals surface area contributed by atoms with E-state index in [0.29, 0.717) is 25.1 Å². The van der Waals surface area contributed by atoms with Crippen LogP contribution < -0.4 is 5.32 Å². The first kappa shape index (κ1) is 16.4. The standard InChI is InChI=1S/C16H21FN2O3/c1-16(15(21)18-2)11-19(9-10-22-16)14(20)8-7-12-5-3-4-6-13(12)17/h3-6H,7-11H2,1-2H3,(H,18,21)/t16-/m1/s1. The van der Waals surface area contributed by atoms with E-state index in [2.05, 4.69) is 5.32 Å². The number of ether oxygens (including phenoxy) is 1. The van der Waals surface area contributed by atoms with Crippen molar-refractivity contribution in [1.82, 2.24) is 10.2 Å². The maximum absolute atomic E-state index is 13.6. The van der Waals surface area contributed by atoms with E-state index in [1.165, 1.54) is 13.1 Å². The van der Waals surface area contributed by atoms with Gasteiger partial charge in [-0.05, 0) is 25.0 Å². The summed E-state index contributed by atoms with van der Waals surface area (Å²) in [6.07, 6.45) is 0.560. The fraction of sp³-hybridized carbons (Fsp3) is 0.500. The molecule has 1 aromatic carbocycles. The van der Waals surface area contributed by atoms with Crippen molar-refractivity contribution in [2.75, 3.05) is 26.7 Å². The molecule has 2 amide bonds. The fourth-order valence-corrected chi connectivity index (χ4v) is 2.59. The maximum Gasteiger partial charge on any atom is 0.253 e. The summed E-state index contributed by atoms with van der Waals surface area (Å²) in [5.41, 5.74) is -0.501. The minimum atomic E-state index is -1.03. The predicted octanol–water partition coefficient (Wildman–Crippen LogP) is 1.12. The van der Waals surface area contributed by atoms with Gasteiger partial charge in [-0.15, -0.1) is 0 Å². The van der Waals surface area contributed by atoms with Crippen LogP contribution in [0.5, 0.6) is 0 Å². The first-order valence-electron chi connectivity index (χ1n) is 7.33. The number of likely N-dealkylation sites (N-methyl/N-ethyl adjacent to an activating group) is 1. The zero-order chi connectivity index (χ0) is 16.2. The number of carbonyl (C=O) groups excluding carboxylic acids is 2. The largest absolute Gasteiger partial charge is 0.362 e. The SMILES string of the molecule is CNC(=O)[C@@]1(C)CN(C(=O)CCc2ccccc2F)CCO1. The molecule has 1 fully saturated rings. The van der Waals surface area contributed by atoms with Gasteiger partial charge < -0.3 is 15.0 Å². The molecule has 6 heteroatoms. The number of aryl methyl sites for hydroxylation is 1. The maximum atomic E-state index is 13.6. The topological polar surface area (TPSA) is 58.6 Å². The van der Waals surface area contributed by atoms with Crippen molar-refractivity contribution in [2.24, 2.45) is 0 Å². The molecule has 0 aliphatic carbocycles. The minimum Gasteiger partial charge on any atom is -0.362 e. The van der Waals surface area contributed by atoms with E-state index in [1.807, 2.05) is 0 Å². The minimum absolute atomic E-state index is 0.0957. The number of hydrogen-bond donors (Lipinski definition) is 1. The number of carbonyl (C=O) groups is 2. The lowest BCUT2D eigenvalue weighted by Crippen LogP contribution is -2.58. The molecule has 1 heterocycles. The van der Waals surface area contributed by atoms with Crippen molar-refractivity contribution in [3.8, 4) is 0 Å². The average molecular weight is 308 g/mol. The Hall–Kier alpha value is -1.95. The molecule has 1 aliphatic heterocycles. The number of hydrogen-bond acceptors (Lipinski definition) is 3. The van der Waals surface area contributed by atoms with Crippen LogP contribution in [0.2, 0.25) is 0 Å². The molecule has 1 aromatic rings. The Bertz CT molecular complexity index is 564. The summed E-state index contributed by atoms with van der Waals surface area (Å²) < 4.78 is 19.1. The van der Waals surface area contributed by atoms with Gasteiger partial charge in [0.15, 0.2) is 5.60 Å². The summed E-state index contributed by atoms with van der Waals surface area (Å²) in [5.74, 6) is -0.645. The summed E-state index contributed by atoms with van der Waals surface area (Å²) in [6, 6.07) is 6.44. The Labute approximate surface area is 129 Å². The van der Waals surface area contributed by atoms with E-state index in [0.717, 1.165) is 0 Å². The summed E-state index contributed by atoms with van der Waals surface area (Å²) in [4.78, 5) is 25.8. The van der Waals surface area contributed by atoms with Gasteiger partial charge in [0, 0.05) is 20.0 Å². The van der Waals surface area contributed by atoms with Crippen LogP contribution in [-0.2, 0) is 20.7 Å². The van der Waals surface area contributed by atoms with Crippen LogP contribution in [0.1, 0.15) is 18.9 Å². The number of nitrogens with one attached hydrogen (secondary N) is 1. The molecule has 0 aromatic heterocycles. The second-order valence-corrected chi connectivity index (χ2v) is 5.57. The molecule has 0 saturated carbocycles. The quantitative estimate of drug-likeness (QED) is 0.907. The van der Waals surface area contributed by atoms with Gasteiger partial charge >= 0.3 is 0 Å². The number of amides is 2. The lowest BCUT2D eigenvalue weighted by Gasteiger charge is -2.39. The monoisotopic (exact) mass is 308 g/mol. The van der Waals surface area contributed by atoms with E-state index in [4.69, 9.17) is 4.74 Å². The third kappa shape index (κ3) is 3.62. The molecule has 0 bridgehead atoms. The van der Waals surface area contributed by atoms with E-state index >= 15 is 0 Å². The van der Waals surface area contributed by atoms with Crippen LogP contribution in [0.25, 0.3) is 0 Å². The van der Waals surface area contributed by atoms with Crippen LogP contribution in [0.15, 0.2) is 24.3 Å². The molecule has 0 radical (unpaired) electrons. The highest BCUT2D eigenvalue weighted by Gasteiger charge is 2.39. The molecular formula is C16H21FN2O3. The molecule has 120 valence electrons. The first-order valence-corrected chi connectivity index (χ1v) is 7.33. The first-order chi connectivity index (χ1) is 10.5. The fourth-order valence-electron chi connectivity index (χ4n) is 2.59. The summed E-state index contributed by atoms with van der Waals surface area (Å²) in [6.45, 7) is 2.64. The Kier molecular flexibility index (Phi) is 5.13. The molecule has 1 aliphatic rings. The van der Waals surface area contributed by atoms with Crippen LogP contribution in [0.4, 0.5) is 4.39 Å². The molecular weight excluding hydrogens is 287 g/mol. The second-order valence-electron chi connectivity index (χ2n) is 5.57. The molecule has 0 spiro atoms. The van der Waals surface area contributed by atoms with Crippen molar-refractivity contribution >= 4 is 11.8 Å². The Morgan fingerprint density at radius 1 is 1.41 bits per heavy atom. The van der Waals surface area contributed by atoms with Crippen LogP contribution in [-0.4, -0.2) is 49.1 Å². The molecule has 1 saturated heterocycles.